The van der Waals surface area contributed by atoms with Gasteiger partial charge in [-0.2, -0.15) is 0 Å². The molecule has 0 aromatic carbocycles. The average Bonchev–Trinajstić information content (AvgIpc) is 2.55. The summed E-state index contributed by atoms with van der Waals surface area (Å²) in [6.45, 7) is 1.46. The highest BCUT2D eigenvalue weighted by molar-refractivity contribution is 5.76. The summed E-state index contributed by atoms with van der Waals surface area (Å²) in [7, 11) is 3.38. The minimum Gasteiger partial charge on any atom is -0.468 e. The van der Waals surface area contributed by atoms with Crippen molar-refractivity contribution in [2.45, 2.75) is 24.5 Å². The number of likely N-dealkylation sites (tertiary alicyclic amines) is 1. The molecule has 2 heterocycles. The highest BCUT2D eigenvalue weighted by Crippen LogP contribution is 2.34. The van der Waals surface area contributed by atoms with Crippen molar-refractivity contribution < 1.29 is 14.3 Å². The van der Waals surface area contributed by atoms with Crippen molar-refractivity contribution in [3.63, 3.8) is 0 Å². The SMILES string of the molecule is COC(=O)C1CC2(CC=CCO2)CN1C. The molecule has 0 aromatic rings. The molecule has 2 aliphatic heterocycles. The van der Waals surface area contributed by atoms with E-state index in [1.807, 2.05) is 18.0 Å². The fourth-order valence-electron chi connectivity index (χ4n) is 2.44. The van der Waals surface area contributed by atoms with Gasteiger partial charge in [0.25, 0.3) is 0 Å². The minimum atomic E-state index is -0.164. The maximum Gasteiger partial charge on any atom is 0.323 e. The predicted molar refractivity (Wildman–Crippen MR) is 55.5 cm³/mol. The number of methoxy groups -OCH3 is 1. The van der Waals surface area contributed by atoms with E-state index in [4.69, 9.17) is 9.47 Å². The van der Waals surface area contributed by atoms with Gasteiger partial charge in [0.05, 0.1) is 19.3 Å². The Hall–Kier alpha value is -0.870. The first-order valence-electron chi connectivity index (χ1n) is 5.24. The zero-order valence-electron chi connectivity index (χ0n) is 9.23. The Balaban J connectivity index is 2.08. The van der Waals surface area contributed by atoms with Crippen LogP contribution in [0.25, 0.3) is 0 Å². The summed E-state index contributed by atoms with van der Waals surface area (Å²) >= 11 is 0. The second-order valence-corrected chi connectivity index (χ2v) is 4.33. The molecule has 84 valence electrons. The number of hydrogen-bond acceptors (Lipinski definition) is 4. The van der Waals surface area contributed by atoms with Crippen LogP contribution in [-0.2, 0) is 14.3 Å². The van der Waals surface area contributed by atoms with Gasteiger partial charge in [-0.1, -0.05) is 12.2 Å². The first-order valence-corrected chi connectivity index (χ1v) is 5.24. The molecule has 1 fully saturated rings. The van der Waals surface area contributed by atoms with Crippen molar-refractivity contribution in [3.05, 3.63) is 12.2 Å². The molecule has 0 N–H and O–H groups in total. The molecule has 0 saturated carbocycles. The van der Waals surface area contributed by atoms with Crippen LogP contribution >= 0.6 is 0 Å². The van der Waals surface area contributed by atoms with Crippen LogP contribution in [0.3, 0.4) is 0 Å². The van der Waals surface area contributed by atoms with Crippen LogP contribution in [0.2, 0.25) is 0 Å². The Morgan fingerprint density at radius 1 is 1.60 bits per heavy atom. The number of carbonyl (C=O) groups is 1. The normalized spacial score (nSPS) is 36.0. The van der Waals surface area contributed by atoms with Gasteiger partial charge in [-0.15, -0.1) is 0 Å². The van der Waals surface area contributed by atoms with Gasteiger partial charge >= 0.3 is 5.97 Å². The van der Waals surface area contributed by atoms with Crippen LogP contribution < -0.4 is 0 Å². The summed E-state index contributed by atoms with van der Waals surface area (Å²) in [6.07, 6.45) is 5.79. The van der Waals surface area contributed by atoms with E-state index in [9.17, 15) is 4.79 Å². The molecule has 2 unspecified atom stereocenters. The van der Waals surface area contributed by atoms with E-state index in [2.05, 4.69) is 6.08 Å². The summed E-state index contributed by atoms with van der Waals surface area (Å²) in [5, 5.41) is 0. The smallest absolute Gasteiger partial charge is 0.323 e. The number of nitrogens with zero attached hydrogens (tertiary/aromatic N) is 1. The monoisotopic (exact) mass is 211 g/mol. The fraction of sp³-hybridized carbons (Fsp3) is 0.727. The largest absolute Gasteiger partial charge is 0.468 e. The summed E-state index contributed by atoms with van der Waals surface area (Å²) < 4.78 is 10.6. The summed E-state index contributed by atoms with van der Waals surface area (Å²) in [6, 6.07) is -0.151. The Morgan fingerprint density at radius 3 is 3.00 bits per heavy atom. The molecule has 1 spiro atoms. The molecule has 4 nitrogen and oxygen atoms in total. The number of rotatable bonds is 1. The molecule has 0 amide bonds. The predicted octanol–water partition coefficient (Wildman–Crippen LogP) is 0.579. The molecule has 0 bridgehead atoms. The highest BCUT2D eigenvalue weighted by atomic mass is 16.5. The molecule has 1 saturated heterocycles. The molecule has 0 aromatic heterocycles. The lowest BCUT2D eigenvalue weighted by atomic mass is 9.94. The fourth-order valence-corrected chi connectivity index (χ4v) is 2.44. The Morgan fingerprint density at radius 2 is 2.40 bits per heavy atom. The van der Waals surface area contributed by atoms with Gasteiger partial charge < -0.3 is 9.47 Å². The zero-order chi connectivity index (χ0) is 10.9. The first-order chi connectivity index (χ1) is 7.17. The third-order valence-corrected chi connectivity index (χ3v) is 3.25. The van der Waals surface area contributed by atoms with Gasteiger partial charge in [0.15, 0.2) is 0 Å². The third-order valence-electron chi connectivity index (χ3n) is 3.25. The maximum absolute atomic E-state index is 11.5. The van der Waals surface area contributed by atoms with Gasteiger partial charge in [-0.05, 0) is 13.5 Å². The Kier molecular flexibility index (Phi) is 2.80. The Bertz CT molecular complexity index is 290. The summed E-state index contributed by atoms with van der Waals surface area (Å²) in [4.78, 5) is 13.5. The average molecular weight is 211 g/mol. The van der Waals surface area contributed by atoms with Crippen LogP contribution in [0.1, 0.15) is 12.8 Å². The number of hydrogen-bond donors (Lipinski definition) is 0. The second kappa shape index (κ2) is 3.94. The van der Waals surface area contributed by atoms with Crippen LogP contribution in [0.4, 0.5) is 0 Å². The quantitative estimate of drug-likeness (QED) is 0.470. The molecule has 0 radical (unpaired) electrons. The van der Waals surface area contributed by atoms with Crippen molar-refractivity contribution in [1.29, 1.82) is 0 Å². The van der Waals surface area contributed by atoms with Gasteiger partial charge in [0.1, 0.15) is 6.04 Å². The van der Waals surface area contributed by atoms with Gasteiger partial charge in [-0.3, -0.25) is 9.69 Å². The third kappa shape index (κ3) is 1.92. The molecular weight excluding hydrogens is 194 g/mol. The van der Waals surface area contributed by atoms with Crippen LogP contribution in [0, 0.1) is 0 Å². The molecular formula is C11H17NO3. The molecule has 0 aliphatic carbocycles. The van der Waals surface area contributed by atoms with Crippen LogP contribution in [-0.4, -0.2) is 49.8 Å². The van der Waals surface area contributed by atoms with E-state index in [1.165, 1.54) is 7.11 Å². The van der Waals surface area contributed by atoms with Crippen molar-refractivity contribution in [1.82, 2.24) is 4.90 Å². The van der Waals surface area contributed by atoms with E-state index in [1.54, 1.807) is 0 Å². The van der Waals surface area contributed by atoms with E-state index < -0.39 is 0 Å². The van der Waals surface area contributed by atoms with Gasteiger partial charge in [0, 0.05) is 13.0 Å². The van der Waals surface area contributed by atoms with Gasteiger partial charge in [-0.25, -0.2) is 0 Å². The van der Waals surface area contributed by atoms with E-state index in [0.717, 1.165) is 19.4 Å². The summed E-state index contributed by atoms with van der Waals surface area (Å²) in [5.41, 5.74) is -0.164. The minimum absolute atomic E-state index is 0.151. The molecule has 2 rings (SSSR count). The Labute approximate surface area is 89.8 Å². The summed E-state index contributed by atoms with van der Waals surface area (Å²) in [5.74, 6) is -0.160. The standard InChI is InChI=1S/C11H17NO3/c1-12-8-11(5-3-4-6-15-11)7-9(12)10(13)14-2/h3-4,9H,5-8H2,1-2H3. The van der Waals surface area contributed by atoms with E-state index >= 15 is 0 Å². The number of likely N-dealkylation sites (N-methyl/N-ethyl adjacent to an activating group) is 1. The number of carbonyl (C=O) groups excluding carboxylic acids is 1. The van der Waals surface area contributed by atoms with Crippen molar-refractivity contribution in [3.8, 4) is 0 Å². The van der Waals surface area contributed by atoms with E-state index in [-0.39, 0.29) is 17.6 Å². The molecule has 15 heavy (non-hydrogen) atoms. The molecule has 4 heteroatoms. The van der Waals surface area contributed by atoms with Crippen LogP contribution in [0.5, 0.6) is 0 Å². The van der Waals surface area contributed by atoms with Crippen LogP contribution in [0.15, 0.2) is 12.2 Å². The number of ether oxygens (including phenoxy) is 2. The molecule has 2 atom stereocenters. The maximum atomic E-state index is 11.5. The lowest BCUT2D eigenvalue weighted by Gasteiger charge is -2.30. The van der Waals surface area contributed by atoms with Gasteiger partial charge in [0.2, 0.25) is 0 Å². The van der Waals surface area contributed by atoms with Crippen molar-refractivity contribution in [2.75, 3.05) is 27.3 Å². The molecule has 2 aliphatic rings. The lowest BCUT2D eigenvalue weighted by molar-refractivity contribution is -0.145. The topological polar surface area (TPSA) is 38.8 Å². The first kappa shape index (κ1) is 10.6. The lowest BCUT2D eigenvalue weighted by Crippen LogP contribution is -2.36. The second-order valence-electron chi connectivity index (χ2n) is 4.33. The zero-order valence-corrected chi connectivity index (χ0v) is 9.23. The van der Waals surface area contributed by atoms with Crippen molar-refractivity contribution in [2.24, 2.45) is 0 Å². The highest BCUT2D eigenvalue weighted by Gasteiger charge is 2.46. The number of esters is 1. The van der Waals surface area contributed by atoms with E-state index in [0.29, 0.717) is 6.61 Å². The van der Waals surface area contributed by atoms with Crippen molar-refractivity contribution >= 4 is 5.97 Å².